The molecule has 21 heavy (non-hydrogen) atoms. The van der Waals surface area contributed by atoms with E-state index in [0.717, 1.165) is 44.6 Å². The van der Waals surface area contributed by atoms with E-state index in [1.165, 1.54) is 0 Å². The molecule has 1 unspecified atom stereocenters. The zero-order chi connectivity index (χ0) is 15.4. The average molecular weight is 290 g/mol. The van der Waals surface area contributed by atoms with Crippen LogP contribution in [0.2, 0.25) is 0 Å². The molecule has 2 N–H and O–H groups in total. The van der Waals surface area contributed by atoms with Crippen LogP contribution in [0, 0.1) is 0 Å². The molecule has 0 bridgehead atoms. The maximum Gasteiger partial charge on any atom is 0.254 e. The first-order chi connectivity index (χ1) is 10.0. The molecular formula is C16H26N4O. The summed E-state index contributed by atoms with van der Waals surface area (Å²) >= 11 is 0. The zero-order valence-corrected chi connectivity index (χ0v) is 13.3. The Morgan fingerprint density at radius 1 is 1.43 bits per heavy atom. The first-order valence-corrected chi connectivity index (χ1v) is 7.77. The minimum Gasteiger partial charge on any atom is -0.384 e. The van der Waals surface area contributed by atoms with Gasteiger partial charge in [-0.25, -0.2) is 4.98 Å². The summed E-state index contributed by atoms with van der Waals surface area (Å²) in [6.45, 7) is 6.95. The monoisotopic (exact) mass is 290 g/mol. The minimum absolute atomic E-state index is 0.0734. The summed E-state index contributed by atoms with van der Waals surface area (Å²) < 4.78 is 0. The average Bonchev–Trinajstić information content (AvgIpc) is 2.58. The topological polar surface area (TPSA) is 62.5 Å². The fourth-order valence-electron chi connectivity index (χ4n) is 2.96. The number of rotatable bonds is 3. The quantitative estimate of drug-likeness (QED) is 0.922. The van der Waals surface area contributed by atoms with E-state index in [1.807, 2.05) is 11.0 Å². The SMILES string of the molecule is CCCc1cc(C(=O)N2CCCN(C)CC2C)cc(N)n1. The Kier molecular flexibility index (Phi) is 5.17. The Morgan fingerprint density at radius 2 is 2.19 bits per heavy atom. The maximum absolute atomic E-state index is 12.8. The van der Waals surface area contributed by atoms with Gasteiger partial charge in [0.1, 0.15) is 5.82 Å². The number of nitrogen functional groups attached to an aromatic ring is 1. The van der Waals surface area contributed by atoms with Crippen LogP contribution in [0.4, 0.5) is 5.82 Å². The first kappa shape index (κ1) is 15.8. The summed E-state index contributed by atoms with van der Waals surface area (Å²) in [5, 5.41) is 0. The Labute approximate surface area is 127 Å². The van der Waals surface area contributed by atoms with Crippen molar-refractivity contribution in [2.45, 2.75) is 39.2 Å². The van der Waals surface area contributed by atoms with Crippen molar-refractivity contribution in [1.29, 1.82) is 0 Å². The first-order valence-electron chi connectivity index (χ1n) is 7.77. The fourth-order valence-corrected chi connectivity index (χ4v) is 2.96. The van der Waals surface area contributed by atoms with Gasteiger partial charge in [-0.3, -0.25) is 4.79 Å². The number of pyridine rings is 1. The highest BCUT2D eigenvalue weighted by Crippen LogP contribution is 2.16. The molecule has 0 spiro atoms. The van der Waals surface area contributed by atoms with Crippen molar-refractivity contribution < 1.29 is 4.79 Å². The Bertz CT molecular complexity index is 503. The highest BCUT2D eigenvalue weighted by Gasteiger charge is 2.25. The standard InChI is InChI=1S/C16H26N4O/c1-4-6-14-9-13(10-15(17)18-14)16(21)20-8-5-7-19(3)11-12(20)2/h9-10,12H,4-8,11H2,1-3H3,(H2,17,18). The van der Waals surface area contributed by atoms with Crippen molar-refractivity contribution in [3.8, 4) is 0 Å². The number of hydrogen-bond acceptors (Lipinski definition) is 4. The lowest BCUT2D eigenvalue weighted by atomic mass is 10.1. The van der Waals surface area contributed by atoms with E-state index in [0.29, 0.717) is 11.4 Å². The van der Waals surface area contributed by atoms with Crippen molar-refractivity contribution >= 4 is 11.7 Å². The molecule has 1 saturated heterocycles. The highest BCUT2D eigenvalue weighted by atomic mass is 16.2. The van der Waals surface area contributed by atoms with Crippen molar-refractivity contribution in [2.75, 3.05) is 32.4 Å². The second kappa shape index (κ2) is 6.89. The smallest absolute Gasteiger partial charge is 0.254 e. The zero-order valence-electron chi connectivity index (χ0n) is 13.3. The van der Waals surface area contributed by atoms with Crippen molar-refractivity contribution in [3.05, 3.63) is 23.4 Å². The third-order valence-corrected chi connectivity index (χ3v) is 3.96. The van der Waals surface area contributed by atoms with Crippen molar-refractivity contribution in [1.82, 2.24) is 14.8 Å². The van der Waals surface area contributed by atoms with Crippen LogP contribution in [0.3, 0.4) is 0 Å². The molecule has 5 heteroatoms. The molecule has 5 nitrogen and oxygen atoms in total. The molecule has 0 aliphatic carbocycles. The number of nitrogens with zero attached hydrogens (tertiary/aromatic N) is 3. The molecule has 0 aromatic carbocycles. The van der Waals surface area contributed by atoms with E-state index in [2.05, 4.69) is 30.8 Å². The van der Waals surface area contributed by atoms with Gasteiger partial charge < -0.3 is 15.5 Å². The molecule has 1 aliphatic heterocycles. The summed E-state index contributed by atoms with van der Waals surface area (Å²) in [6, 6.07) is 3.81. The molecule has 2 rings (SSSR count). The number of amides is 1. The van der Waals surface area contributed by atoms with E-state index in [-0.39, 0.29) is 11.9 Å². The van der Waals surface area contributed by atoms with Gasteiger partial charge in [0, 0.05) is 30.4 Å². The number of likely N-dealkylation sites (N-methyl/N-ethyl adjacent to an activating group) is 1. The molecule has 1 aromatic heterocycles. The molecule has 116 valence electrons. The number of aryl methyl sites for hydroxylation is 1. The number of aromatic nitrogens is 1. The van der Waals surface area contributed by atoms with Crippen molar-refractivity contribution in [2.24, 2.45) is 0 Å². The van der Waals surface area contributed by atoms with Gasteiger partial charge in [0.25, 0.3) is 5.91 Å². The fraction of sp³-hybridized carbons (Fsp3) is 0.625. The predicted octanol–water partition coefficient (Wildman–Crippen LogP) is 1.78. The van der Waals surface area contributed by atoms with Crippen LogP contribution in [0.1, 0.15) is 42.7 Å². The van der Waals surface area contributed by atoms with Gasteiger partial charge in [0.2, 0.25) is 0 Å². The van der Waals surface area contributed by atoms with Gasteiger partial charge >= 0.3 is 0 Å². The molecule has 2 heterocycles. The van der Waals surface area contributed by atoms with Crippen molar-refractivity contribution in [3.63, 3.8) is 0 Å². The van der Waals surface area contributed by atoms with Crippen LogP contribution in [-0.4, -0.2) is 53.4 Å². The van der Waals surface area contributed by atoms with Gasteiger partial charge in [-0.1, -0.05) is 13.3 Å². The summed E-state index contributed by atoms with van der Waals surface area (Å²) in [7, 11) is 2.11. The van der Waals surface area contributed by atoms with Crippen LogP contribution in [-0.2, 0) is 6.42 Å². The maximum atomic E-state index is 12.8. The number of hydrogen-bond donors (Lipinski definition) is 1. The highest BCUT2D eigenvalue weighted by molar-refractivity contribution is 5.95. The largest absolute Gasteiger partial charge is 0.384 e. The molecule has 1 aliphatic rings. The molecule has 0 radical (unpaired) electrons. The van der Waals surface area contributed by atoms with Gasteiger partial charge in [0.15, 0.2) is 0 Å². The van der Waals surface area contributed by atoms with E-state index < -0.39 is 0 Å². The van der Waals surface area contributed by atoms with Gasteiger partial charge in [-0.15, -0.1) is 0 Å². The van der Waals surface area contributed by atoms with E-state index in [9.17, 15) is 4.79 Å². The third kappa shape index (κ3) is 3.94. The Balaban J connectivity index is 2.22. The molecule has 1 fully saturated rings. The van der Waals surface area contributed by atoms with Crippen LogP contribution in [0.15, 0.2) is 12.1 Å². The van der Waals surface area contributed by atoms with Crippen LogP contribution in [0.25, 0.3) is 0 Å². The molecule has 0 saturated carbocycles. The number of anilines is 1. The normalized spacial score (nSPS) is 20.3. The molecule has 1 aromatic rings. The predicted molar refractivity (Wildman–Crippen MR) is 85.3 cm³/mol. The number of carbonyl (C=O) groups excluding carboxylic acids is 1. The molecular weight excluding hydrogens is 264 g/mol. The van der Waals surface area contributed by atoms with Gasteiger partial charge in [-0.2, -0.15) is 0 Å². The van der Waals surface area contributed by atoms with Gasteiger partial charge in [-0.05, 0) is 45.5 Å². The lowest BCUT2D eigenvalue weighted by Gasteiger charge is -2.28. The Hall–Kier alpha value is -1.62. The summed E-state index contributed by atoms with van der Waals surface area (Å²) in [6.07, 6.45) is 2.85. The number of carbonyl (C=O) groups is 1. The van der Waals surface area contributed by atoms with E-state index in [4.69, 9.17) is 5.73 Å². The lowest BCUT2D eigenvalue weighted by Crippen LogP contribution is -2.42. The number of nitrogens with two attached hydrogens (primary N) is 1. The van der Waals surface area contributed by atoms with E-state index in [1.54, 1.807) is 6.07 Å². The second-order valence-corrected chi connectivity index (χ2v) is 5.99. The van der Waals surface area contributed by atoms with Gasteiger partial charge in [0.05, 0.1) is 0 Å². The lowest BCUT2D eigenvalue weighted by molar-refractivity contribution is 0.0696. The summed E-state index contributed by atoms with van der Waals surface area (Å²) in [4.78, 5) is 21.3. The molecule has 1 amide bonds. The Morgan fingerprint density at radius 3 is 2.90 bits per heavy atom. The van der Waals surface area contributed by atoms with Crippen LogP contribution >= 0.6 is 0 Å². The second-order valence-electron chi connectivity index (χ2n) is 5.99. The summed E-state index contributed by atoms with van der Waals surface area (Å²) in [5.74, 6) is 0.508. The van der Waals surface area contributed by atoms with E-state index >= 15 is 0 Å². The third-order valence-electron chi connectivity index (χ3n) is 3.96. The minimum atomic E-state index is 0.0734. The van der Waals surface area contributed by atoms with Crippen LogP contribution < -0.4 is 5.73 Å². The van der Waals surface area contributed by atoms with Crippen LogP contribution in [0.5, 0.6) is 0 Å². The molecule has 1 atom stereocenters. The summed E-state index contributed by atoms with van der Waals surface area (Å²) in [5.41, 5.74) is 7.43.